The number of benzene rings is 2. The zero-order valence-corrected chi connectivity index (χ0v) is 24.6. The first-order chi connectivity index (χ1) is 18.7. The van der Waals surface area contributed by atoms with Crippen LogP contribution >= 0.6 is 18.7 Å². The average molecular weight is 566 g/mol. The zero-order valence-electron chi connectivity index (χ0n) is 22.9. The molecule has 206 valence electrons. The molecule has 2 N–H and O–H groups in total. The second-order valence-electron chi connectivity index (χ2n) is 11.6. The topological polar surface area (TPSA) is 79.4 Å². The molecule has 0 spiro atoms. The van der Waals surface area contributed by atoms with Crippen molar-refractivity contribution in [3.05, 3.63) is 64.3 Å². The summed E-state index contributed by atoms with van der Waals surface area (Å²) in [4.78, 5) is 11.9. The van der Waals surface area contributed by atoms with Crippen molar-refractivity contribution in [1.82, 2.24) is 14.9 Å². The van der Waals surface area contributed by atoms with Gasteiger partial charge in [-0.1, -0.05) is 29.3 Å². The van der Waals surface area contributed by atoms with E-state index in [1.54, 1.807) is 19.5 Å². The summed E-state index contributed by atoms with van der Waals surface area (Å²) in [6.45, 7) is 7.33. The molecule has 1 aliphatic carbocycles. The van der Waals surface area contributed by atoms with E-state index in [0.717, 1.165) is 48.3 Å². The number of anilines is 4. The molecule has 7 nitrogen and oxygen atoms in total. The Balaban J connectivity index is 1.18. The van der Waals surface area contributed by atoms with Crippen molar-refractivity contribution >= 4 is 47.2 Å². The van der Waals surface area contributed by atoms with Crippen LogP contribution < -0.4 is 15.9 Å². The van der Waals surface area contributed by atoms with Gasteiger partial charge in [-0.15, -0.1) is 0 Å². The molecule has 1 aromatic heterocycles. The highest BCUT2D eigenvalue weighted by Crippen LogP contribution is 2.39. The normalized spacial score (nSPS) is 23.2. The number of ether oxygens (including phenoxy) is 1. The Hall–Kier alpha value is -2.44. The fourth-order valence-corrected chi connectivity index (χ4v) is 7.85. The predicted octanol–water partition coefficient (Wildman–Crippen LogP) is 6.28. The number of aryl methyl sites for hydroxylation is 3. The minimum Gasteiger partial charge on any atom is -0.378 e. The molecule has 3 aromatic rings. The minimum absolute atomic E-state index is 0.402. The number of aromatic nitrogens is 2. The van der Waals surface area contributed by atoms with Crippen LogP contribution in [0, 0.1) is 6.92 Å². The van der Waals surface area contributed by atoms with Gasteiger partial charge >= 0.3 is 0 Å². The van der Waals surface area contributed by atoms with Gasteiger partial charge in [0.2, 0.25) is 5.95 Å². The molecule has 0 saturated carbocycles. The van der Waals surface area contributed by atoms with Crippen molar-refractivity contribution < 1.29 is 9.30 Å². The molecule has 3 heterocycles. The van der Waals surface area contributed by atoms with Gasteiger partial charge in [-0.05, 0) is 94.2 Å². The first-order valence-corrected chi connectivity index (χ1v) is 16.9. The number of halogens is 1. The van der Waals surface area contributed by atoms with Crippen LogP contribution in [0.5, 0.6) is 0 Å². The fourth-order valence-electron chi connectivity index (χ4n) is 6.49. The maximum atomic E-state index is 12.9. The van der Waals surface area contributed by atoms with E-state index in [-0.39, 0.29) is 0 Å². The van der Waals surface area contributed by atoms with Gasteiger partial charge in [0.1, 0.15) is 12.2 Å². The van der Waals surface area contributed by atoms with Crippen molar-refractivity contribution in [3.8, 4) is 0 Å². The van der Waals surface area contributed by atoms with Crippen LogP contribution in [0.2, 0.25) is 5.02 Å². The van der Waals surface area contributed by atoms with Gasteiger partial charge in [0.15, 0.2) is 5.82 Å². The number of rotatable bonds is 6. The summed E-state index contributed by atoms with van der Waals surface area (Å²) in [6, 6.07) is 14.3. The maximum Gasteiger partial charge on any atom is 0.229 e. The van der Waals surface area contributed by atoms with E-state index >= 15 is 0 Å². The second-order valence-corrected chi connectivity index (χ2v) is 15.2. The SMILES string of the molecule is Cc1ccc(Nc2nc(Nc3ccc4c(c3)CC[C@@H](N3C5CCC3COC5)CC4)ncc2Cl)c(P(C)(C)=O)c1. The number of morpholine rings is 1. The molecule has 0 amide bonds. The molecule has 2 aromatic carbocycles. The lowest BCUT2D eigenvalue weighted by molar-refractivity contribution is -0.0389. The molecule has 2 saturated heterocycles. The van der Waals surface area contributed by atoms with Gasteiger partial charge in [-0.2, -0.15) is 4.98 Å². The van der Waals surface area contributed by atoms with Gasteiger partial charge in [0.25, 0.3) is 0 Å². The Labute approximate surface area is 236 Å². The molecule has 2 fully saturated rings. The van der Waals surface area contributed by atoms with Crippen LogP contribution in [-0.2, 0) is 22.1 Å². The van der Waals surface area contributed by atoms with E-state index in [2.05, 4.69) is 43.7 Å². The third kappa shape index (κ3) is 5.74. The minimum atomic E-state index is -2.51. The average Bonchev–Trinajstić information content (AvgIpc) is 3.05. The predicted molar refractivity (Wildman–Crippen MR) is 160 cm³/mol. The third-order valence-electron chi connectivity index (χ3n) is 8.41. The molecular formula is C30H37ClN5O2P. The molecule has 39 heavy (non-hydrogen) atoms. The van der Waals surface area contributed by atoms with Crippen LogP contribution in [0.15, 0.2) is 42.6 Å². The molecule has 2 unspecified atom stereocenters. The Bertz CT molecular complexity index is 1410. The van der Waals surface area contributed by atoms with Crippen molar-refractivity contribution in [2.24, 2.45) is 0 Å². The lowest BCUT2D eigenvalue weighted by Gasteiger charge is -2.40. The molecule has 9 heteroatoms. The number of hydrogen-bond donors (Lipinski definition) is 2. The summed E-state index contributed by atoms with van der Waals surface area (Å²) in [5.41, 5.74) is 5.62. The molecule has 6 rings (SSSR count). The summed E-state index contributed by atoms with van der Waals surface area (Å²) in [7, 11) is -2.51. The van der Waals surface area contributed by atoms with E-state index in [1.807, 2.05) is 25.1 Å². The first-order valence-electron chi connectivity index (χ1n) is 13.9. The highest BCUT2D eigenvalue weighted by atomic mass is 35.5. The van der Waals surface area contributed by atoms with Crippen molar-refractivity contribution in [2.75, 3.05) is 37.2 Å². The van der Waals surface area contributed by atoms with Gasteiger partial charge in [0, 0.05) is 29.1 Å². The van der Waals surface area contributed by atoms with Gasteiger partial charge in [0.05, 0.1) is 25.1 Å². The van der Waals surface area contributed by atoms with Gasteiger partial charge in [-0.3, -0.25) is 4.90 Å². The van der Waals surface area contributed by atoms with Crippen molar-refractivity contribution in [2.45, 2.75) is 63.6 Å². The molecule has 3 aliphatic rings. The second kappa shape index (κ2) is 10.9. The Morgan fingerprint density at radius 1 is 0.949 bits per heavy atom. The largest absolute Gasteiger partial charge is 0.378 e. The van der Waals surface area contributed by atoms with Crippen molar-refractivity contribution in [1.29, 1.82) is 0 Å². The van der Waals surface area contributed by atoms with Gasteiger partial charge < -0.3 is 19.9 Å². The highest BCUT2D eigenvalue weighted by Gasteiger charge is 2.41. The molecule has 2 aliphatic heterocycles. The monoisotopic (exact) mass is 565 g/mol. The smallest absolute Gasteiger partial charge is 0.229 e. The Morgan fingerprint density at radius 2 is 1.69 bits per heavy atom. The van der Waals surface area contributed by atoms with Gasteiger partial charge in [-0.25, -0.2) is 4.98 Å². The summed E-state index contributed by atoms with van der Waals surface area (Å²) in [5, 5.41) is 7.86. The van der Waals surface area contributed by atoms with Crippen LogP contribution in [0.1, 0.15) is 42.4 Å². The van der Waals surface area contributed by atoms with E-state index in [0.29, 0.717) is 34.9 Å². The van der Waals surface area contributed by atoms with E-state index in [9.17, 15) is 4.57 Å². The molecule has 3 atom stereocenters. The summed E-state index contributed by atoms with van der Waals surface area (Å²) in [5.74, 6) is 0.938. The lowest BCUT2D eigenvalue weighted by atomic mass is 10.0. The summed E-state index contributed by atoms with van der Waals surface area (Å²) >= 11 is 6.47. The van der Waals surface area contributed by atoms with E-state index in [4.69, 9.17) is 16.3 Å². The van der Waals surface area contributed by atoms with Crippen LogP contribution in [-0.4, -0.2) is 59.5 Å². The Kier molecular flexibility index (Phi) is 7.45. The number of nitrogens with one attached hydrogen (secondary N) is 2. The lowest BCUT2D eigenvalue weighted by Crippen LogP contribution is -2.51. The van der Waals surface area contributed by atoms with Crippen molar-refractivity contribution in [3.63, 3.8) is 0 Å². The quantitative estimate of drug-likeness (QED) is 0.269. The van der Waals surface area contributed by atoms with Crippen LogP contribution in [0.25, 0.3) is 0 Å². The zero-order chi connectivity index (χ0) is 27.1. The number of hydrogen-bond acceptors (Lipinski definition) is 7. The summed E-state index contributed by atoms with van der Waals surface area (Å²) in [6.07, 6.45) is 8.74. The fraction of sp³-hybridized carbons (Fsp3) is 0.467. The Morgan fingerprint density at radius 3 is 2.44 bits per heavy atom. The highest BCUT2D eigenvalue weighted by molar-refractivity contribution is 7.70. The first kappa shape index (κ1) is 26.8. The summed E-state index contributed by atoms with van der Waals surface area (Å²) < 4.78 is 18.8. The molecule has 0 radical (unpaired) electrons. The molecule has 2 bridgehead atoms. The standard InChI is InChI=1S/C30H37ClN5O2P/c1-19-4-13-27(28(14-19)39(2,3)37)34-29-26(31)16-32-30(35-29)33-22-8-5-20-6-9-23(10-7-21(20)15-22)36-24-11-12-25(36)18-38-17-24/h4-5,8,13-16,23-25H,6-7,9-12,17-18H2,1-3H3,(H2,32,33,34,35)/t23-,24?,25?/m0/s1. The van der Waals surface area contributed by atoms with E-state index < -0.39 is 7.14 Å². The third-order valence-corrected chi connectivity index (χ3v) is 10.2. The molecular weight excluding hydrogens is 529 g/mol. The maximum absolute atomic E-state index is 12.9. The van der Waals surface area contributed by atoms with Crippen LogP contribution in [0.4, 0.5) is 23.1 Å². The van der Waals surface area contributed by atoms with E-state index in [1.165, 1.54) is 36.8 Å². The number of fused-ring (bicyclic) bond motifs is 3. The van der Waals surface area contributed by atoms with Crippen LogP contribution in [0.3, 0.4) is 0 Å². The number of nitrogens with zero attached hydrogens (tertiary/aromatic N) is 3.